The molecule has 0 atom stereocenters. The van der Waals surface area contributed by atoms with Gasteiger partial charge in [-0.05, 0) is 43.5 Å². The van der Waals surface area contributed by atoms with E-state index in [9.17, 15) is 13.2 Å². The van der Waals surface area contributed by atoms with Crippen LogP contribution in [0.4, 0.5) is 16.2 Å². The Kier molecular flexibility index (Phi) is 3.37. The van der Waals surface area contributed by atoms with Gasteiger partial charge in [0.25, 0.3) is 10.0 Å². The SMILES string of the molecule is CC1(C)OC(=O)Nc2ccc(NS(=O)(=O)c3cccs3)cc21. The maximum atomic E-state index is 12.2. The summed E-state index contributed by atoms with van der Waals surface area (Å²) in [6, 6.07) is 8.15. The lowest BCUT2D eigenvalue weighted by molar-refractivity contribution is 0.0421. The summed E-state index contributed by atoms with van der Waals surface area (Å²) < 4.78 is 32.5. The van der Waals surface area contributed by atoms with E-state index >= 15 is 0 Å². The Morgan fingerprint density at radius 3 is 2.73 bits per heavy atom. The zero-order valence-electron chi connectivity index (χ0n) is 11.9. The molecule has 2 N–H and O–H groups in total. The minimum atomic E-state index is -3.60. The summed E-state index contributed by atoms with van der Waals surface area (Å²) in [5.41, 5.74) is 0.904. The predicted octanol–water partition coefficient (Wildman–Crippen LogP) is 3.35. The molecule has 0 bridgehead atoms. The summed E-state index contributed by atoms with van der Waals surface area (Å²) in [7, 11) is -3.60. The molecule has 1 aromatic carbocycles. The summed E-state index contributed by atoms with van der Waals surface area (Å²) in [6.07, 6.45) is -0.524. The Morgan fingerprint density at radius 1 is 1.27 bits per heavy atom. The average molecular weight is 338 g/mol. The first-order valence-electron chi connectivity index (χ1n) is 6.49. The highest BCUT2D eigenvalue weighted by atomic mass is 32.2. The molecule has 1 aliphatic heterocycles. The lowest BCUT2D eigenvalue weighted by Crippen LogP contribution is -2.34. The highest BCUT2D eigenvalue weighted by Crippen LogP contribution is 2.37. The molecule has 2 aromatic rings. The van der Waals surface area contributed by atoms with Gasteiger partial charge < -0.3 is 4.74 Å². The number of carbonyl (C=O) groups is 1. The molecular weight excluding hydrogens is 324 g/mol. The van der Waals surface area contributed by atoms with Gasteiger partial charge in [0.15, 0.2) is 0 Å². The van der Waals surface area contributed by atoms with Gasteiger partial charge in [0.1, 0.15) is 9.81 Å². The molecule has 0 saturated carbocycles. The number of sulfonamides is 1. The number of cyclic esters (lactones) is 1. The third kappa shape index (κ3) is 2.67. The molecule has 0 fully saturated rings. The average Bonchev–Trinajstić information content (AvgIpc) is 2.93. The Labute approximate surface area is 132 Å². The first-order valence-corrected chi connectivity index (χ1v) is 8.85. The van der Waals surface area contributed by atoms with Gasteiger partial charge in [-0.1, -0.05) is 6.07 Å². The minimum Gasteiger partial charge on any atom is -0.438 e. The molecule has 1 amide bonds. The van der Waals surface area contributed by atoms with Crippen LogP contribution in [0.25, 0.3) is 0 Å². The van der Waals surface area contributed by atoms with Crippen LogP contribution in [0.1, 0.15) is 19.4 Å². The van der Waals surface area contributed by atoms with Crippen molar-refractivity contribution in [3.63, 3.8) is 0 Å². The zero-order valence-corrected chi connectivity index (χ0v) is 13.5. The first-order chi connectivity index (χ1) is 10.3. The zero-order chi connectivity index (χ0) is 16.0. The molecule has 22 heavy (non-hydrogen) atoms. The van der Waals surface area contributed by atoms with Crippen LogP contribution in [-0.2, 0) is 20.4 Å². The van der Waals surface area contributed by atoms with Gasteiger partial charge in [0, 0.05) is 11.3 Å². The smallest absolute Gasteiger partial charge is 0.412 e. The van der Waals surface area contributed by atoms with Crippen molar-refractivity contribution in [3.8, 4) is 0 Å². The predicted molar refractivity (Wildman–Crippen MR) is 84.7 cm³/mol. The molecule has 1 aromatic heterocycles. The maximum absolute atomic E-state index is 12.2. The van der Waals surface area contributed by atoms with E-state index in [1.807, 2.05) is 0 Å². The van der Waals surface area contributed by atoms with Crippen molar-refractivity contribution in [1.29, 1.82) is 0 Å². The van der Waals surface area contributed by atoms with Crippen molar-refractivity contribution >= 4 is 38.8 Å². The van der Waals surface area contributed by atoms with E-state index in [0.717, 1.165) is 11.3 Å². The van der Waals surface area contributed by atoms with E-state index in [4.69, 9.17) is 4.74 Å². The van der Waals surface area contributed by atoms with Crippen LogP contribution >= 0.6 is 11.3 Å². The van der Waals surface area contributed by atoms with Crippen LogP contribution in [0.3, 0.4) is 0 Å². The Bertz CT molecular complexity index is 827. The monoisotopic (exact) mass is 338 g/mol. The number of hydrogen-bond acceptors (Lipinski definition) is 5. The lowest BCUT2D eigenvalue weighted by Gasteiger charge is -2.32. The molecule has 0 aliphatic carbocycles. The van der Waals surface area contributed by atoms with Gasteiger partial charge >= 0.3 is 6.09 Å². The molecule has 1 aliphatic rings. The van der Waals surface area contributed by atoms with E-state index in [1.54, 1.807) is 49.6 Å². The third-order valence-electron chi connectivity index (χ3n) is 3.26. The normalized spacial score (nSPS) is 16.4. The van der Waals surface area contributed by atoms with Crippen molar-refractivity contribution in [2.24, 2.45) is 0 Å². The van der Waals surface area contributed by atoms with Crippen LogP contribution in [0.15, 0.2) is 39.9 Å². The number of nitrogens with one attached hydrogen (secondary N) is 2. The van der Waals surface area contributed by atoms with E-state index in [2.05, 4.69) is 10.0 Å². The number of thiophene rings is 1. The van der Waals surface area contributed by atoms with Crippen LogP contribution in [0.2, 0.25) is 0 Å². The number of fused-ring (bicyclic) bond motifs is 1. The topological polar surface area (TPSA) is 84.5 Å². The second-order valence-corrected chi connectivity index (χ2v) is 8.18. The molecule has 8 heteroatoms. The summed E-state index contributed by atoms with van der Waals surface area (Å²) in [6.45, 7) is 3.50. The molecule has 116 valence electrons. The van der Waals surface area contributed by atoms with E-state index in [-0.39, 0.29) is 4.21 Å². The largest absolute Gasteiger partial charge is 0.438 e. The van der Waals surface area contributed by atoms with Gasteiger partial charge in [0.2, 0.25) is 0 Å². The Balaban J connectivity index is 1.96. The van der Waals surface area contributed by atoms with Gasteiger partial charge in [-0.25, -0.2) is 13.2 Å². The Hall–Kier alpha value is -2.06. The molecular formula is C14H14N2O4S2. The van der Waals surface area contributed by atoms with Gasteiger partial charge in [-0.3, -0.25) is 10.0 Å². The van der Waals surface area contributed by atoms with Crippen LogP contribution in [0.5, 0.6) is 0 Å². The summed E-state index contributed by atoms with van der Waals surface area (Å²) in [5.74, 6) is 0. The number of amides is 1. The van der Waals surface area contributed by atoms with Crippen LogP contribution in [-0.4, -0.2) is 14.5 Å². The molecule has 0 unspecified atom stereocenters. The quantitative estimate of drug-likeness (QED) is 0.899. The second kappa shape index (κ2) is 4.99. The van der Waals surface area contributed by atoms with Crippen molar-refractivity contribution in [1.82, 2.24) is 0 Å². The van der Waals surface area contributed by atoms with Crippen LogP contribution < -0.4 is 10.0 Å². The highest BCUT2D eigenvalue weighted by molar-refractivity contribution is 7.94. The highest BCUT2D eigenvalue weighted by Gasteiger charge is 2.33. The molecule has 0 radical (unpaired) electrons. The number of ether oxygens (including phenoxy) is 1. The van der Waals surface area contributed by atoms with Crippen molar-refractivity contribution < 1.29 is 17.9 Å². The lowest BCUT2D eigenvalue weighted by atomic mass is 9.94. The Morgan fingerprint density at radius 2 is 2.05 bits per heavy atom. The van der Waals surface area contributed by atoms with Crippen LogP contribution in [0, 0.1) is 0 Å². The van der Waals surface area contributed by atoms with E-state index in [1.165, 1.54) is 0 Å². The number of rotatable bonds is 3. The molecule has 6 nitrogen and oxygen atoms in total. The van der Waals surface area contributed by atoms with Crippen molar-refractivity contribution in [2.75, 3.05) is 10.0 Å². The summed E-state index contributed by atoms with van der Waals surface area (Å²) >= 11 is 1.15. The number of anilines is 2. The van der Waals surface area contributed by atoms with E-state index < -0.39 is 21.7 Å². The fraction of sp³-hybridized carbons (Fsp3) is 0.214. The molecule has 3 rings (SSSR count). The van der Waals surface area contributed by atoms with Gasteiger partial charge in [-0.15, -0.1) is 11.3 Å². The van der Waals surface area contributed by atoms with Crippen molar-refractivity contribution in [2.45, 2.75) is 23.7 Å². The van der Waals surface area contributed by atoms with Gasteiger partial charge in [0.05, 0.1) is 5.69 Å². The number of hydrogen-bond donors (Lipinski definition) is 2. The van der Waals surface area contributed by atoms with E-state index in [0.29, 0.717) is 16.9 Å². The molecule has 0 spiro atoms. The summed E-state index contributed by atoms with van der Waals surface area (Å²) in [4.78, 5) is 11.5. The summed E-state index contributed by atoms with van der Waals surface area (Å²) in [5, 5.41) is 4.30. The number of benzene rings is 1. The molecule has 2 heterocycles. The number of carbonyl (C=O) groups excluding carboxylic acids is 1. The standard InChI is InChI=1S/C14H14N2O4S2/c1-14(2)10-8-9(5-6-11(10)15-13(17)20-14)16-22(18,19)12-4-3-7-21-12/h3-8,16H,1-2H3,(H,15,17). The second-order valence-electron chi connectivity index (χ2n) is 5.32. The minimum absolute atomic E-state index is 0.244. The first kappa shape index (κ1) is 14.9. The molecule has 0 saturated heterocycles. The van der Waals surface area contributed by atoms with Crippen molar-refractivity contribution in [3.05, 3.63) is 41.3 Å². The third-order valence-corrected chi connectivity index (χ3v) is 6.04. The fourth-order valence-electron chi connectivity index (χ4n) is 2.26. The van der Waals surface area contributed by atoms with Gasteiger partial charge in [-0.2, -0.15) is 0 Å². The fourth-order valence-corrected chi connectivity index (χ4v) is 4.30. The maximum Gasteiger partial charge on any atom is 0.412 e.